The molecule has 1 aromatic heterocycles. The number of anilines is 1. The van der Waals surface area contributed by atoms with Gasteiger partial charge < -0.3 is 10.2 Å². The van der Waals surface area contributed by atoms with Crippen LogP contribution in [0.1, 0.15) is 28.9 Å². The Hall–Kier alpha value is -2.76. The number of nitrogens with one attached hydrogen (secondary N) is 1. The number of aryl methyl sites for hydroxylation is 1. The Labute approximate surface area is 145 Å². The minimum absolute atomic E-state index is 0.0183. The molecule has 5 nitrogen and oxygen atoms in total. The number of aromatic nitrogens is 1. The van der Waals surface area contributed by atoms with Crippen LogP contribution < -0.4 is 5.32 Å². The van der Waals surface area contributed by atoms with Crippen molar-refractivity contribution >= 4 is 17.5 Å². The van der Waals surface area contributed by atoms with Crippen LogP contribution in [0.4, 0.5) is 14.9 Å². The first-order valence-electron chi connectivity index (χ1n) is 8.31. The number of hydrogen-bond acceptors (Lipinski definition) is 3. The highest BCUT2D eigenvalue weighted by atomic mass is 19.1. The summed E-state index contributed by atoms with van der Waals surface area (Å²) in [7, 11) is 0. The Morgan fingerprint density at radius 1 is 1.16 bits per heavy atom. The Balaban J connectivity index is 1.55. The molecular weight excluding hydrogens is 321 g/mol. The van der Waals surface area contributed by atoms with Crippen LogP contribution in [-0.2, 0) is 0 Å². The Morgan fingerprint density at radius 3 is 2.48 bits per heavy atom. The molecule has 25 heavy (non-hydrogen) atoms. The van der Waals surface area contributed by atoms with E-state index < -0.39 is 0 Å². The largest absolute Gasteiger partial charge is 0.324 e. The van der Waals surface area contributed by atoms with E-state index in [2.05, 4.69) is 10.3 Å². The van der Waals surface area contributed by atoms with Crippen molar-refractivity contribution in [2.75, 3.05) is 18.4 Å². The molecule has 6 heteroatoms. The molecule has 0 atom stereocenters. The van der Waals surface area contributed by atoms with E-state index in [1.54, 1.807) is 17.2 Å². The molecular formula is C19H20FN3O2. The summed E-state index contributed by atoms with van der Waals surface area (Å²) >= 11 is 0. The minimum Gasteiger partial charge on any atom is -0.324 e. The number of Topliss-reactive ketones (excluding diaryl/α,β-unsaturated/α-hetero) is 1. The van der Waals surface area contributed by atoms with Crippen molar-refractivity contribution in [2.45, 2.75) is 19.8 Å². The van der Waals surface area contributed by atoms with Gasteiger partial charge in [0.15, 0.2) is 5.78 Å². The van der Waals surface area contributed by atoms with Crippen molar-refractivity contribution in [3.05, 3.63) is 59.7 Å². The molecule has 1 fully saturated rings. The van der Waals surface area contributed by atoms with Crippen molar-refractivity contribution in [3.63, 3.8) is 0 Å². The molecule has 1 N–H and O–H groups in total. The molecule has 2 aromatic rings. The predicted molar refractivity (Wildman–Crippen MR) is 93.0 cm³/mol. The average Bonchev–Trinajstić information content (AvgIpc) is 2.62. The number of ketones is 1. The summed E-state index contributed by atoms with van der Waals surface area (Å²) in [5.74, 6) is -0.461. The molecule has 3 rings (SSSR count). The second kappa shape index (κ2) is 7.42. The first-order valence-corrected chi connectivity index (χ1v) is 8.31. The van der Waals surface area contributed by atoms with Crippen LogP contribution in [0, 0.1) is 18.7 Å². The van der Waals surface area contributed by atoms with Crippen LogP contribution in [0.3, 0.4) is 0 Å². The number of pyridine rings is 1. The first-order chi connectivity index (χ1) is 12.0. The summed E-state index contributed by atoms with van der Waals surface area (Å²) in [6, 6.07) is 9.01. The van der Waals surface area contributed by atoms with Gasteiger partial charge in [0, 0.05) is 42.1 Å². The number of carbonyl (C=O) groups excluding carboxylic acids is 2. The zero-order valence-corrected chi connectivity index (χ0v) is 14.0. The molecule has 2 heterocycles. The van der Waals surface area contributed by atoms with Gasteiger partial charge in [0.1, 0.15) is 5.82 Å². The maximum atomic E-state index is 13.0. The fourth-order valence-corrected chi connectivity index (χ4v) is 3.02. The lowest BCUT2D eigenvalue weighted by Crippen LogP contribution is -2.42. The van der Waals surface area contributed by atoms with Gasteiger partial charge in [-0.3, -0.25) is 9.78 Å². The molecule has 1 saturated heterocycles. The lowest BCUT2D eigenvalue weighted by atomic mass is 9.89. The van der Waals surface area contributed by atoms with Crippen molar-refractivity contribution < 1.29 is 14.0 Å². The fraction of sp³-hybridized carbons (Fsp3) is 0.316. The van der Waals surface area contributed by atoms with Crippen LogP contribution >= 0.6 is 0 Å². The topological polar surface area (TPSA) is 62.3 Å². The summed E-state index contributed by atoms with van der Waals surface area (Å²) in [5, 5.41) is 2.85. The van der Waals surface area contributed by atoms with Crippen molar-refractivity contribution in [3.8, 4) is 0 Å². The third-order valence-corrected chi connectivity index (χ3v) is 4.43. The predicted octanol–water partition coefficient (Wildman–Crippen LogP) is 3.66. The van der Waals surface area contributed by atoms with Crippen LogP contribution in [-0.4, -0.2) is 34.8 Å². The summed E-state index contributed by atoms with van der Waals surface area (Å²) in [6.07, 6.45) is 2.87. The van der Waals surface area contributed by atoms with Crippen molar-refractivity contribution in [1.82, 2.24) is 9.88 Å². The SMILES string of the molecule is Cc1cc(NC(=O)N2CCC(C(=O)c3ccc(F)cc3)CC2)ccn1. The van der Waals surface area contributed by atoms with Gasteiger partial charge in [0.25, 0.3) is 0 Å². The van der Waals surface area contributed by atoms with E-state index >= 15 is 0 Å². The van der Waals surface area contributed by atoms with Gasteiger partial charge in [0.05, 0.1) is 0 Å². The molecule has 0 radical (unpaired) electrons. The Bertz CT molecular complexity index is 768. The maximum Gasteiger partial charge on any atom is 0.321 e. The number of urea groups is 1. The van der Waals surface area contributed by atoms with Crippen LogP contribution in [0.25, 0.3) is 0 Å². The minimum atomic E-state index is -0.352. The van der Waals surface area contributed by atoms with E-state index in [0.29, 0.717) is 37.2 Å². The Morgan fingerprint density at radius 2 is 1.84 bits per heavy atom. The van der Waals surface area contributed by atoms with Gasteiger partial charge in [-0.1, -0.05) is 0 Å². The van der Waals surface area contributed by atoms with E-state index in [4.69, 9.17) is 0 Å². The molecule has 2 amide bonds. The number of likely N-dealkylation sites (tertiary alicyclic amines) is 1. The lowest BCUT2D eigenvalue weighted by Gasteiger charge is -2.31. The monoisotopic (exact) mass is 341 g/mol. The highest BCUT2D eigenvalue weighted by molar-refractivity contribution is 5.98. The van der Waals surface area contributed by atoms with E-state index in [1.165, 1.54) is 24.3 Å². The van der Waals surface area contributed by atoms with E-state index in [0.717, 1.165) is 5.69 Å². The van der Waals surface area contributed by atoms with Gasteiger partial charge in [-0.05, 0) is 56.2 Å². The number of halogens is 1. The molecule has 0 saturated carbocycles. The average molecular weight is 341 g/mol. The maximum absolute atomic E-state index is 13.0. The molecule has 1 aromatic carbocycles. The highest BCUT2D eigenvalue weighted by Gasteiger charge is 2.28. The van der Waals surface area contributed by atoms with Gasteiger partial charge in [0.2, 0.25) is 0 Å². The molecule has 1 aliphatic heterocycles. The van der Waals surface area contributed by atoms with E-state index in [9.17, 15) is 14.0 Å². The smallest absolute Gasteiger partial charge is 0.321 e. The van der Waals surface area contributed by atoms with Crippen molar-refractivity contribution in [2.24, 2.45) is 5.92 Å². The summed E-state index contributed by atoms with van der Waals surface area (Å²) in [4.78, 5) is 30.6. The van der Waals surface area contributed by atoms with Gasteiger partial charge in [-0.15, -0.1) is 0 Å². The zero-order valence-electron chi connectivity index (χ0n) is 14.0. The van der Waals surface area contributed by atoms with Crippen molar-refractivity contribution in [1.29, 1.82) is 0 Å². The Kier molecular flexibility index (Phi) is 5.07. The number of nitrogens with zero attached hydrogens (tertiary/aromatic N) is 2. The first kappa shape index (κ1) is 17.1. The molecule has 0 aliphatic carbocycles. The lowest BCUT2D eigenvalue weighted by molar-refractivity contribution is 0.0859. The fourth-order valence-electron chi connectivity index (χ4n) is 3.02. The standard InChI is InChI=1S/C19H20FN3O2/c1-13-12-17(6-9-21-13)22-19(25)23-10-7-15(8-11-23)18(24)14-2-4-16(20)5-3-14/h2-6,9,12,15H,7-8,10-11H2,1H3,(H,21,22,25). The second-order valence-corrected chi connectivity index (χ2v) is 6.25. The number of amides is 2. The summed E-state index contributed by atoms with van der Waals surface area (Å²) in [6.45, 7) is 2.91. The number of hydrogen-bond donors (Lipinski definition) is 1. The normalized spacial score (nSPS) is 15.0. The molecule has 0 bridgehead atoms. The summed E-state index contributed by atoms with van der Waals surface area (Å²) < 4.78 is 13.0. The van der Waals surface area contributed by atoms with Crippen LogP contribution in [0.2, 0.25) is 0 Å². The van der Waals surface area contributed by atoms with Crippen LogP contribution in [0.15, 0.2) is 42.6 Å². The third kappa shape index (κ3) is 4.21. The van der Waals surface area contributed by atoms with E-state index in [-0.39, 0.29) is 23.5 Å². The molecule has 0 spiro atoms. The number of rotatable bonds is 3. The number of carbonyl (C=O) groups is 2. The van der Waals surface area contributed by atoms with E-state index in [1.807, 2.05) is 13.0 Å². The number of benzene rings is 1. The summed E-state index contributed by atoms with van der Waals surface area (Å²) in [5.41, 5.74) is 2.07. The highest BCUT2D eigenvalue weighted by Crippen LogP contribution is 2.22. The van der Waals surface area contributed by atoms with Gasteiger partial charge in [-0.2, -0.15) is 0 Å². The molecule has 1 aliphatic rings. The van der Waals surface area contributed by atoms with Gasteiger partial charge in [-0.25, -0.2) is 9.18 Å². The third-order valence-electron chi connectivity index (χ3n) is 4.43. The molecule has 130 valence electrons. The zero-order chi connectivity index (χ0) is 17.8. The quantitative estimate of drug-likeness (QED) is 0.867. The van der Waals surface area contributed by atoms with Gasteiger partial charge >= 0.3 is 6.03 Å². The second-order valence-electron chi connectivity index (χ2n) is 6.25. The number of piperidine rings is 1. The van der Waals surface area contributed by atoms with Crippen LogP contribution in [0.5, 0.6) is 0 Å². The molecule has 0 unspecified atom stereocenters.